The Morgan fingerprint density at radius 3 is 2.80 bits per heavy atom. The molecule has 1 unspecified atom stereocenters. The fraction of sp³-hybridized carbons (Fsp3) is 0.385. The van der Waals surface area contributed by atoms with Gasteiger partial charge in [0.25, 0.3) is 0 Å². The summed E-state index contributed by atoms with van der Waals surface area (Å²) in [5, 5.41) is 9.63. The van der Waals surface area contributed by atoms with Crippen LogP contribution in [-0.2, 0) is 6.54 Å². The standard InChI is InChI=1S/C13H15F3N4/c1-9(5-13(14,15)16)18-7-11-8-19-20-12(11)10-3-2-4-17-6-10/h2-4,6,8-9,18H,5,7H2,1H3,(H,19,20). The number of aromatic nitrogens is 3. The SMILES string of the molecule is CC(CC(F)(F)F)NCc1cn[nH]c1-c1cccnc1. The molecule has 2 rings (SSSR count). The Bertz CT molecular complexity index is 536. The lowest BCUT2D eigenvalue weighted by atomic mass is 10.1. The highest BCUT2D eigenvalue weighted by molar-refractivity contribution is 5.61. The van der Waals surface area contributed by atoms with E-state index in [0.29, 0.717) is 6.54 Å². The van der Waals surface area contributed by atoms with Crippen LogP contribution in [0.2, 0.25) is 0 Å². The van der Waals surface area contributed by atoms with Crippen LogP contribution in [0.4, 0.5) is 13.2 Å². The van der Waals surface area contributed by atoms with E-state index in [2.05, 4.69) is 20.5 Å². The summed E-state index contributed by atoms with van der Waals surface area (Å²) < 4.78 is 36.7. The molecule has 0 amide bonds. The Hall–Kier alpha value is -1.89. The van der Waals surface area contributed by atoms with Crippen molar-refractivity contribution in [1.29, 1.82) is 0 Å². The van der Waals surface area contributed by atoms with Gasteiger partial charge in [0.1, 0.15) is 0 Å². The van der Waals surface area contributed by atoms with Crippen LogP contribution in [0.5, 0.6) is 0 Å². The van der Waals surface area contributed by atoms with Gasteiger partial charge in [-0.2, -0.15) is 18.3 Å². The third-order valence-corrected chi connectivity index (χ3v) is 2.85. The molecule has 0 radical (unpaired) electrons. The maximum absolute atomic E-state index is 12.2. The number of hydrogen-bond donors (Lipinski definition) is 2. The van der Waals surface area contributed by atoms with Crippen molar-refractivity contribution in [2.45, 2.75) is 32.1 Å². The van der Waals surface area contributed by atoms with Crippen LogP contribution in [0.15, 0.2) is 30.7 Å². The summed E-state index contributed by atoms with van der Waals surface area (Å²) in [6.45, 7) is 1.83. The van der Waals surface area contributed by atoms with E-state index < -0.39 is 18.6 Å². The molecule has 4 nitrogen and oxygen atoms in total. The second-order valence-electron chi connectivity index (χ2n) is 4.61. The first-order valence-corrected chi connectivity index (χ1v) is 6.18. The molecule has 2 aromatic heterocycles. The summed E-state index contributed by atoms with van der Waals surface area (Å²) in [7, 11) is 0. The average molecular weight is 284 g/mol. The zero-order chi connectivity index (χ0) is 14.6. The highest BCUT2D eigenvalue weighted by atomic mass is 19.4. The number of nitrogens with zero attached hydrogens (tertiary/aromatic N) is 2. The van der Waals surface area contributed by atoms with Crippen LogP contribution in [-0.4, -0.2) is 27.4 Å². The summed E-state index contributed by atoms with van der Waals surface area (Å²) in [6, 6.07) is 3.01. The largest absolute Gasteiger partial charge is 0.390 e. The van der Waals surface area contributed by atoms with Crippen LogP contribution in [0.25, 0.3) is 11.3 Å². The lowest BCUT2D eigenvalue weighted by molar-refractivity contribution is -0.139. The average Bonchev–Trinajstić information content (AvgIpc) is 2.83. The first-order valence-electron chi connectivity index (χ1n) is 6.18. The van der Waals surface area contributed by atoms with Crippen molar-refractivity contribution in [3.63, 3.8) is 0 Å². The Morgan fingerprint density at radius 1 is 1.35 bits per heavy atom. The Labute approximate surface area is 114 Å². The van der Waals surface area contributed by atoms with Gasteiger partial charge < -0.3 is 5.32 Å². The van der Waals surface area contributed by atoms with E-state index in [4.69, 9.17) is 0 Å². The highest BCUT2D eigenvalue weighted by Gasteiger charge is 2.29. The molecule has 108 valence electrons. The van der Waals surface area contributed by atoms with Crippen molar-refractivity contribution in [2.75, 3.05) is 0 Å². The molecule has 0 saturated carbocycles. The van der Waals surface area contributed by atoms with Crippen LogP contribution < -0.4 is 5.32 Å². The van der Waals surface area contributed by atoms with E-state index in [1.165, 1.54) is 6.92 Å². The van der Waals surface area contributed by atoms with Gasteiger partial charge in [-0.15, -0.1) is 0 Å². The van der Waals surface area contributed by atoms with E-state index in [-0.39, 0.29) is 0 Å². The molecule has 0 aliphatic carbocycles. The van der Waals surface area contributed by atoms with Gasteiger partial charge in [0.15, 0.2) is 0 Å². The van der Waals surface area contributed by atoms with Crippen LogP contribution in [0.3, 0.4) is 0 Å². The fourth-order valence-electron chi connectivity index (χ4n) is 1.91. The molecule has 2 aromatic rings. The van der Waals surface area contributed by atoms with Crippen molar-refractivity contribution in [3.05, 3.63) is 36.3 Å². The second kappa shape index (κ2) is 6.04. The summed E-state index contributed by atoms with van der Waals surface area (Å²) in [6.07, 6.45) is -0.0724. The predicted molar refractivity (Wildman–Crippen MR) is 68.8 cm³/mol. The van der Waals surface area contributed by atoms with Gasteiger partial charge in [-0.25, -0.2) is 0 Å². The summed E-state index contributed by atoms with van der Waals surface area (Å²) in [5.41, 5.74) is 2.43. The summed E-state index contributed by atoms with van der Waals surface area (Å²) >= 11 is 0. The molecule has 7 heteroatoms. The summed E-state index contributed by atoms with van der Waals surface area (Å²) in [5.74, 6) is 0. The number of halogens is 3. The number of pyridine rings is 1. The van der Waals surface area contributed by atoms with Gasteiger partial charge in [0.05, 0.1) is 18.3 Å². The van der Waals surface area contributed by atoms with E-state index in [1.807, 2.05) is 6.07 Å². The van der Waals surface area contributed by atoms with Crippen molar-refractivity contribution in [2.24, 2.45) is 0 Å². The number of aromatic amines is 1. The van der Waals surface area contributed by atoms with Gasteiger partial charge in [-0.05, 0) is 19.1 Å². The first kappa shape index (κ1) is 14.5. The van der Waals surface area contributed by atoms with Gasteiger partial charge in [-0.1, -0.05) is 0 Å². The number of alkyl halides is 3. The molecule has 1 atom stereocenters. The monoisotopic (exact) mass is 284 g/mol. The molecule has 0 aliphatic rings. The molecule has 0 bridgehead atoms. The van der Waals surface area contributed by atoms with E-state index in [1.54, 1.807) is 24.7 Å². The van der Waals surface area contributed by atoms with E-state index in [9.17, 15) is 13.2 Å². The molecule has 2 N–H and O–H groups in total. The molecular weight excluding hydrogens is 269 g/mol. The third kappa shape index (κ3) is 4.06. The summed E-state index contributed by atoms with van der Waals surface area (Å²) in [4.78, 5) is 4.01. The number of nitrogens with one attached hydrogen (secondary N) is 2. The Balaban J connectivity index is 2.00. The quantitative estimate of drug-likeness (QED) is 0.887. The smallest absolute Gasteiger partial charge is 0.310 e. The van der Waals surface area contributed by atoms with Crippen LogP contribution >= 0.6 is 0 Å². The van der Waals surface area contributed by atoms with Crippen molar-refractivity contribution >= 4 is 0 Å². The van der Waals surface area contributed by atoms with Crippen molar-refractivity contribution in [1.82, 2.24) is 20.5 Å². The minimum atomic E-state index is -4.16. The normalized spacial score (nSPS) is 13.4. The lowest BCUT2D eigenvalue weighted by Crippen LogP contribution is -2.30. The minimum absolute atomic E-state index is 0.317. The van der Waals surface area contributed by atoms with Gasteiger partial charge >= 0.3 is 6.18 Å². The van der Waals surface area contributed by atoms with Gasteiger partial charge in [-0.3, -0.25) is 10.1 Å². The van der Waals surface area contributed by atoms with Gasteiger partial charge in [0, 0.05) is 36.1 Å². The molecule has 0 spiro atoms. The maximum atomic E-state index is 12.2. The topological polar surface area (TPSA) is 53.6 Å². The highest BCUT2D eigenvalue weighted by Crippen LogP contribution is 2.23. The van der Waals surface area contributed by atoms with Crippen molar-refractivity contribution < 1.29 is 13.2 Å². The van der Waals surface area contributed by atoms with Crippen LogP contribution in [0, 0.1) is 0 Å². The number of H-pyrrole nitrogens is 1. The molecular formula is C13H15F3N4. The molecule has 0 saturated heterocycles. The Kier molecular flexibility index (Phi) is 4.39. The molecule has 0 aliphatic heterocycles. The fourth-order valence-corrected chi connectivity index (χ4v) is 1.91. The van der Waals surface area contributed by atoms with Crippen LogP contribution in [0.1, 0.15) is 18.9 Å². The Morgan fingerprint density at radius 2 is 2.15 bits per heavy atom. The molecule has 2 heterocycles. The van der Waals surface area contributed by atoms with Gasteiger partial charge in [0.2, 0.25) is 0 Å². The zero-order valence-corrected chi connectivity index (χ0v) is 10.9. The van der Waals surface area contributed by atoms with E-state index in [0.717, 1.165) is 16.8 Å². The van der Waals surface area contributed by atoms with Crippen molar-refractivity contribution in [3.8, 4) is 11.3 Å². The molecule has 0 fully saturated rings. The molecule has 20 heavy (non-hydrogen) atoms. The zero-order valence-electron chi connectivity index (χ0n) is 10.9. The molecule has 0 aromatic carbocycles. The third-order valence-electron chi connectivity index (χ3n) is 2.85. The number of rotatable bonds is 5. The second-order valence-corrected chi connectivity index (χ2v) is 4.61. The number of hydrogen-bond acceptors (Lipinski definition) is 3. The minimum Gasteiger partial charge on any atom is -0.310 e. The van der Waals surface area contributed by atoms with E-state index >= 15 is 0 Å². The lowest BCUT2D eigenvalue weighted by Gasteiger charge is -2.15. The maximum Gasteiger partial charge on any atom is 0.390 e. The first-order chi connectivity index (χ1) is 9.46. The predicted octanol–water partition coefficient (Wildman–Crippen LogP) is 2.90.